The Kier molecular flexibility index (Phi) is 6.46. The van der Waals surface area contributed by atoms with Crippen molar-refractivity contribution in [3.8, 4) is 5.75 Å². The van der Waals surface area contributed by atoms with Gasteiger partial charge in [-0.2, -0.15) is 0 Å². The molecule has 3 aromatic rings. The molecule has 0 radical (unpaired) electrons. The molecule has 1 atom stereocenters. The second kappa shape index (κ2) is 9.21. The molecule has 1 heterocycles. The molecule has 156 valence electrons. The fourth-order valence-electron chi connectivity index (χ4n) is 3.19. The summed E-state index contributed by atoms with van der Waals surface area (Å²) in [5.41, 5.74) is 1.13. The van der Waals surface area contributed by atoms with E-state index >= 15 is 0 Å². The molecule has 0 saturated heterocycles. The predicted molar refractivity (Wildman–Crippen MR) is 113 cm³/mol. The van der Waals surface area contributed by atoms with E-state index in [1.165, 1.54) is 11.8 Å². The molecule has 2 aromatic carbocycles. The number of methoxy groups -OCH3 is 1. The number of carbonyl (C=O) groups excluding carboxylic acids is 2. The summed E-state index contributed by atoms with van der Waals surface area (Å²) in [6.45, 7) is 1.56. The average Bonchev–Trinajstić information content (AvgIpc) is 2.73. The highest BCUT2D eigenvalue weighted by molar-refractivity contribution is 5.79. The van der Waals surface area contributed by atoms with Gasteiger partial charge in [-0.1, -0.05) is 24.3 Å². The number of benzene rings is 2. The van der Waals surface area contributed by atoms with Crippen LogP contribution in [0.2, 0.25) is 0 Å². The van der Waals surface area contributed by atoms with Gasteiger partial charge in [0.25, 0.3) is 5.56 Å². The lowest BCUT2D eigenvalue weighted by molar-refractivity contribution is -0.131. The molecule has 0 unspecified atom stereocenters. The van der Waals surface area contributed by atoms with E-state index in [9.17, 15) is 14.4 Å². The molecule has 0 aliphatic carbocycles. The monoisotopic (exact) mass is 408 g/mol. The molecule has 30 heavy (non-hydrogen) atoms. The van der Waals surface area contributed by atoms with Gasteiger partial charge >= 0.3 is 0 Å². The summed E-state index contributed by atoms with van der Waals surface area (Å²) in [4.78, 5) is 45.3. The third-order valence-electron chi connectivity index (χ3n) is 4.75. The lowest BCUT2D eigenvalue weighted by atomic mass is 10.0. The first kappa shape index (κ1) is 21.0. The fraction of sp³-hybridized carbons (Fsp3) is 0.273. The molecule has 0 saturated carbocycles. The van der Waals surface area contributed by atoms with Crippen LogP contribution in [0.15, 0.2) is 53.3 Å². The van der Waals surface area contributed by atoms with Crippen LogP contribution in [0, 0.1) is 0 Å². The van der Waals surface area contributed by atoms with Crippen molar-refractivity contribution in [2.24, 2.45) is 0 Å². The van der Waals surface area contributed by atoms with E-state index in [4.69, 9.17) is 4.74 Å². The number of ether oxygens (including phenoxy) is 1. The molecule has 3 rings (SSSR count). The van der Waals surface area contributed by atoms with Crippen LogP contribution in [-0.2, 0) is 16.1 Å². The highest BCUT2D eigenvalue weighted by Gasteiger charge is 2.20. The van der Waals surface area contributed by atoms with Crippen molar-refractivity contribution in [3.63, 3.8) is 0 Å². The van der Waals surface area contributed by atoms with Crippen LogP contribution >= 0.6 is 0 Å². The van der Waals surface area contributed by atoms with Crippen molar-refractivity contribution in [1.29, 1.82) is 0 Å². The number of carbonyl (C=O) groups is 2. The van der Waals surface area contributed by atoms with E-state index in [-0.39, 0.29) is 30.3 Å². The fourth-order valence-corrected chi connectivity index (χ4v) is 3.19. The summed E-state index contributed by atoms with van der Waals surface area (Å²) in [6, 6.07) is 13.7. The third kappa shape index (κ3) is 5.02. The molecule has 2 amide bonds. The number of rotatable bonds is 7. The Morgan fingerprint density at radius 1 is 1.17 bits per heavy atom. The summed E-state index contributed by atoms with van der Waals surface area (Å²) in [5, 5.41) is 3.32. The van der Waals surface area contributed by atoms with Gasteiger partial charge < -0.3 is 19.9 Å². The van der Waals surface area contributed by atoms with E-state index in [0.717, 1.165) is 5.56 Å². The quantitative estimate of drug-likeness (QED) is 0.623. The topological polar surface area (TPSA) is 104 Å². The van der Waals surface area contributed by atoms with Crippen molar-refractivity contribution in [2.45, 2.75) is 25.9 Å². The minimum atomic E-state index is -0.480. The van der Waals surface area contributed by atoms with Crippen LogP contribution in [0.3, 0.4) is 0 Å². The minimum absolute atomic E-state index is 0.0697. The van der Waals surface area contributed by atoms with E-state index in [1.54, 1.807) is 50.6 Å². The number of hydrogen-bond donors (Lipinski definition) is 2. The number of H-pyrrole nitrogens is 1. The van der Waals surface area contributed by atoms with E-state index in [1.807, 2.05) is 12.1 Å². The van der Waals surface area contributed by atoms with E-state index in [2.05, 4.69) is 15.3 Å². The van der Waals surface area contributed by atoms with Gasteiger partial charge in [0, 0.05) is 14.0 Å². The van der Waals surface area contributed by atoms with Crippen LogP contribution < -0.4 is 15.6 Å². The molecule has 1 aromatic heterocycles. The molecule has 0 aliphatic heterocycles. The second-order valence-electron chi connectivity index (χ2n) is 7.01. The maximum absolute atomic E-state index is 12.8. The van der Waals surface area contributed by atoms with Gasteiger partial charge in [-0.3, -0.25) is 14.4 Å². The third-order valence-corrected chi connectivity index (χ3v) is 4.75. The van der Waals surface area contributed by atoms with E-state index in [0.29, 0.717) is 22.5 Å². The SMILES string of the molecule is COc1ccc([C@@H](CC(=O)N(C)Cc2nc3ccccc3c(=O)[nH]2)NC(C)=O)cc1. The molecule has 0 aliphatic rings. The number of fused-ring (bicyclic) bond motifs is 1. The number of para-hydroxylation sites is 1. The Labute approximate surface area is 173 Å². The standard InChI is InChI=1S/C22H24N4O4/c1-14(27)23-19(15-8-10-16(30-3)11-9-15)12-21(28)26(2)13-20-24-18-7-5-4-6-17(18)22(29)25-20/h4-11,19H,12-13H2,1-3H3,(H,23,27)(H,24,25,29)/t19-/m1/s1. The van der Waals surface area contributed by atoms with Gasteiger partial charge in [0.2, 0.25) is 11.8 Å². The maximum Gasteiger partial charge on any atom is 0.258 e. The van der Waals surface area contributed by atoms with Crippen molar-refractivity contribution in [3.05, 3.63) is 70.3 Å². The van der Waals surface area contributed by atoms with Crippen molar-refractivity contribution in [1.82, 2.24) is 20.2 Å². The number of hydrogen-bond acceptors (Lipinski definition) is 5. The number of nitrogens with one attached hydrogen (secondary N) is 2. The summed E-state index contributed by atoms with van der Waals surface area (Å²) in [5.74, 6) is 0.664. The van der Waals surface area contributed by atoms with E-state index < -0.39 is 6.04 Å². The van der Waals surface area contributed by atoms with Crippen LogP contribution in [0.25, 0.3) is 10.9 Å². The Hall–Kier alpha value is -3.68. The Bertz CT molecular complexity index is 1110. The second-order valence-corrected chi connectivity index (χ2v) is 7.01. The molecule has 2 N–H and O–H groups in total. The van der Waals surface area contributed by atoms with Crippen LogP contribution in [0.4, 0.5) is 0 Å². The molecule has 0 spiro atoms. The van der Waals surface area contributed by atoms with Gasteiger partial charge in [0.05, 0.1) is 37.0 Å². The van der Waals surface area contributed by atoms with Gasteiger partial charge in [0.1, 0.15) is 11.6 Å². The smallest absolute Gasteiger partial charge is 0.258 e. The Morgan fingerprint density at radius 3 is 2.53 bits per heavy atom. The molecular formula is C22H24N4O4. The first-order valence-electron chi connectivity index (χ1n) is 9.50. The molecular weight excluding hydrogens is 384 g/mol. The summed E-state index contributed by atoms with van der Waals surface area (Å²) >= 11 is 0. The van der Waals surface area contributed by atoms with Crippen molar-refractivity contribution < 1.29 is 14.3 Å². The van der Waals surface area contributed by atoms with Crippen LogP contribution in [0.5, 0.6) is 5.75 Å². The molecule has 8 heteroatoms. The number of aromatic nitrogens is 2. The maximum atomic E-state index is 12.8. The lowest BCUT2D eigenvalue weighted by Gasteiger charge is -2.22. The zero-order valence-electron chi connectivity index (χ0n) is 17.1. The van der Waals surface area contributed by atoms with Crippen LogP contribution in [0.1, 0.15) is 30.8 Å². The first-order chi connectivity index (χ1) is 14.4. The Morgan fingerprint density at radius 2 is 1.87 bits per heavy atom. The zero-order chi connectivity index (χ0) is 21.7. The van der Waals surface area contributed by atoms with Crippen molar-refractivity contribution in [2.75, 3.05) is 14.2 Å². The van der Waals surface area contributed by atoms with Gasteiger partial charge in [0.15, 0.2) is 0 Å². The lowest BCUT2D eigenvalue weighted by Crippen LogP contribution is -2.34. The average molecular weight is 408 g/mol. The number of amides is 2. The van der Waals surface area contributed by atoms with Gasteiger partial charge in [-0.05, 0) is 29.8 Å². The number of aromatic amines is 1. The molecule has 0 bridgehead atoms. The summed E-state index contributed by atoms with van der Waals surface area (Å²) in [7, 11) is 3.21. The molecule has 0 fully saturated rings. The number of nitrogens with zero attached hydrogens (tertiary/aromatic N) is 2. The predicted octanol–water partition coefficient (Wildman–Crippen LogP) is 2.16. The van der Waals surface area contributed by atoms with Crippen molar-refractivity contribution >= 4 is 22.7 Å². The first-order valence-corrected chi connectivity index (χ1v) is 9.50. The van der Waals surface area contributed by atoms with Gasteiger partial charge in [-0.25, -0.2) is 4.98 Å². The summed E-state index contributed by atoms with van der Waals surface area (Å²) < 4.78 is 5.16. The Balaban J connectivity index is 1.74. The van der Waals surface area contributed by atoms with Gasteiger partial charge in [-0.15, -0.1) is 0 Å². The zero-order valence-corrected chi connectivity index (χ0v) is 17.1. The summed E-state index contributed by atoms with van der Waals surface area (Å²) in [6.07, 6.45) is 0.0697. The molecule has 8 nitrogen and oxygen atoms in total. The highest BCUT2D eigenvalue weighted by atomic mass is 16.5. The van der Waals surface area contributed by atoms with Crippen LogP contribution in [-0.4, -0.2) is 40.8 Å². The highest BCUT2D eigenvalue weighted by Crippen LogP contribution is 2.21. The largest absolute Gasteiger partial charge is 0.497 e. The normalized spacial score (nSPS) is 11.7. The minimum Gasteiger partial charge on any atom is -0.497 e.